The van der Waals surface area contributed by atoms with Gasteiger partial charge in [-0.05, 0) is 25.1 Å². The summed E-state index contributed by atoms with van der Waals surface area (Å²) in [6.07, 6.45) is 0. The summed E-state index contributed by atoms with van der Waals surface area (Å²) in [5.41, 5.74) is 8.39. The Morgan fingerprint density at radius 2 is 2.09 bits per heavy atom. The van der Waals surface area contributed by atoms with E-state index in [0.29, 0.717) is 30.2 Å². The number of carbonyl (C=O) groups is 1. The van der Waals surface area contributed by atoms with E-state index in [1.54, 1.807) is 12.1 Å². The van der Waals surface area contributed by atoms with Gasteiger partial charge in [-0.25, -0.2) is 4.98 Å². The first kappa shape index (κ1) is 14.9. The van der Waals surface area contributed by atoms with E-state index in [1.807, 2.05) is 37.3 Å². The number of hydrogen-bond donors (Lipinski definition) is 3. The normalized spacial score (nSPS) is 10.7. The molecule has 1 heterocycles. The van der Waals surface area contributed by atoms with Gasteiger partial charge < -0.3 is 20.8 Å². The van der Waals surface area contributed by atoms with Crippen molar-refractivity contribution >= 4 is 22.9 Å². The maximum atomic E-state index is 12.5. The highest BCUT2D eigenvalue weighted by Crippen LogP contribution is 2.19. The monoisotopic (exact) mass is 310 g/mol. The number of aromatic amines is 1. The molecule has 3 aromatic rings. The number of para-hydroxylation sites is 2. The van der Waals surface area contributed by atoms with Crippen LogP contribution in [0.2, 0.25) is 0 Å². The largest absolute Gasteiger partial charge is 0.494 e. The van der Waals surface area contributed by atoms with Crippen LogP contribution in [0.15, 0.2) is 42.5 Å². The van der Waals surface area contributed by atoms with Crippen LogP contribution >= 0.6 is 0 Å². The van der Waals surface area contributed by atoms with Crippen LogP contribution in [0.3, 0.4) is 0 Å². The Kier molecular flexibility index (Phi) is 4.14. The SMILES string of the molecule is CCOc1ccccc1CNC(=O)c1cccc2[nH]c(N)nc12. The van der Waals surface area contributed by atoms with Gasteiger partial charge in [-0.3, -0.25) is 4.79 Å². The van der Waals surface area contributed by atoms with Crippen molar-refractivity contribution in [1.29, 1.82) is 0 Å². The quantitative estimate of drug-likeness (QED) is 0.675. The molecule has 2 aromatic carbocycles. The molecule has 0 saturated heterocycles. The zero-order chi connectivity index (χ0) is 16.2. The zero-order valence-corrected chi connectivity index (χ0v) is 12.8. The fourth-order valence-electron chi connectivity index (χ4n) is 2.45. The molecule has 0 spiro atoms. The highest BCUT2D eigenvalue weighted by Gasteiger charge is 2.13. The Morgan fingerprint density at radius 3 is 2.91 bits per heavy atom. The lowest BCUT2D eigenvalue weighted by atomic mass is 10.1. The van der Waals surface area contributed by atoms with Gasteiger partial charge in [0.25, 0.3) is 5.91 Å². The van der Waals surface area contributed by atoms with E-state index in [1.165, 1.54) is 0 Å². The number of rotatable bonds is 5. The third-order valence-electron chi connectivity index (χ3n) is 3.49. The number of fused-ring (bicyclic) bond motifs is 1. The van der Waals surface area contributed by atoms with Gasteiger partial charge in [-0.2, -0.15) is 0 Å². The number of nitrogens with two attached hydrogens (primary N) is 1. The second-order valence-electron chi connectivity index (χ2n) is 5.05. The average Bonchev–Trinajstić information content (AvgIpc) is 2.94. The summed E-state index contributed by atoms with van der Waals surface area (Å²) in [6.45, 7) is 2.89. The third-order valence-corrected chi connectivity index (χ3v) is 3.49. The number of nitrogen functional groups attached to an aromatic ring is 1. The number of amides is 1. The van der Waals surface area contributed by atoms with Crippen LogP contribution in [0.25, 0.3) is 11.0 Å². The Labute approximate surface area is 133 Å². The van der Waals surface area contributed by atoms with Gasteiger partial charge >= 0.3 is 0 Å². The molecular weight excluding hydrogens is 292 g/mol. The van der Waals surface area contributed by atoms with Gasteiger partial charge in [-0.1, -0.05) is 24.3 Å². The number of anilines is 1. The molecule has 3 rings (SSSR count). The van der Waals surface area contributed by atoms with Crippen molar-refractivity contribution in [2.45, 2.75) is 13.5 Å². The molecule has 23 heavy (non-hydrogen) atoms. The summed E-state index contributed by atoms with van der Waals surface area (Å²) in [5.74, 6) is 0.868. The second kappa shape index (κ2) is 6.39. The van der Waals surface area contributed by atoms with Gasteiger partial charge in [0.2, 0.25) is 0 Å². The van der Waals surface area contributed by atoms with Crippen molar-refractivity contribution in [2.24, 2.45) is 0 Å². The average molecular weight is 310 g/mol. The number of H-pyrrole nitrogens is 1. The van der Waals surface area contributed by atoms with Crippen molar-refractivity contribution in [3.05, 3.63) is 53.6 Å². The fourth-order valence-corrected chi connectivity index (χ4v) is 2.45. The summed E-state index contributed by atoms with van der Waals surface area (Å²) in [7, 11) is 0. The maximum Gasteiger partial charge on any atom is 0.253 e. The number of nitrogens with one attached hydrogen (secondary N) is 2. The Morgan fingerprint density at radius 1 is 1.26 bits per heavy atom. The number of nitrogens with zero attached hydrogens (tertiary/aromatic N) is 1. The van der Waals surface area contributed by atoms with Gasteiger partial charge in [0, 0.05) is 12.1 Å². The van der Waals surface area contributed by atoms with E-state index in [0.717, 1.165) is 16.8 Å². The molecule has 6 heteroatoms. The lowest BCUT2D eigenvalue weighted by Crippen LogP contribution is -2.23. The van der Waals surface area contributed by atoms with E-state index in [-0.39, 0.29) is 5.91 Å². The third kappa shape index (κ3) is 3.11. The number of benzene rings is 2. The molecule has 0 aliphatic heterocycles. The van der Waals surface area contributed by atoms with Crippen LogP contribution < -0.4 is 15.8 Å². The van der Waals surface area contributed by atoms with Crippen molar-refractivity contribution in [3.63, 3.8) is 0 Å². The highest BCUT2D eigenvalue weighted by molar-refractivity contribution is 6.05. The van der Waals surface area contributed by atoms with Crippen molar-refractivity contribution in [3.8, 4) is 5.75 Å². The molecule has 0 unspecified atom stereocenters. The minimum Gasteiger partial charge on any atom is -0.494 e. The zero-order valence-electron chi connectivity index (χ0n) is 12.8. The molecule has 0 aliphatic rings. The molecule has 0 atom stereocenters. The Balaban J connectivity index is 1.79. The molecular formula is C17H18N4O2. The van der Waals surface area contributed by atoms with Crippen LogP contribution in [0.4, 0.5) is 5.95 Å². The van der Waals surface area contributed by atoms with Crippen molar-refractivity contribution in [2.75, 3.05) is 12.3 Å². The first-order valence-corrected chi connectivity index (χ1v) is 7.42. The molecule has 0 aliphatic carbocycles. The van der Waals surface area contributed by atoms with Crippen LogP contribution in [-0.2, 0) is 6.54 Å². The fraction of sp³-hybridized carbons (Fsp3) is 0.176. The van der Waals surface area contributed by atoms with Crippen LogP contribution in [0.1, 0.15) is 22.8 Å². The summed E-state index contributed by atoms with van der Waals surface area (Å²) in [5, 5.41) is 2.90. The van der Waals surface area contributed by atoms with Gasteiger partial charge in [0.05, 0.1) is 17.7 Å². The van der Waals surface area contributed by atoms with E-state index < -0.39 is 0 Å². The van der Waals surface area contributed by atoms with E-state index in [2.05, 4.69) is 15.3 Å². The standard InChI is InChI=1S/C17H18N4O2/c1-2-23-14-9-4-3-6-11(14)10-19-16(22)12-7-5-8-13-15(12)21-17(18)20-13/h3-9H,2,10H2,1H3,(H,19,22)(H3,18,20,21). The lowest BCUT2D eigenvalue weighted by molar-refractivity contribution is 0.0952. The molecule has 1 amide bonds. The molecule has 118 valence electrons. The Bertz CT molecular complexity index is 841. The van der Waals surface area contributed by atoms with E-state index >= 15 is 0 Å². The van der Waals surface area contributed by atoms with Crippen molar-refractivity contribution in [1.82, 2.24) is 15.3 Å². The molecule has 0 radical (unpaired) electrons. The summed E-state index contributed by atoms with van der Waals surface area (Å²) < 4.78 is 5.56. The van der Waals surface area contributed by atoms with E-state index in [4.69, 9.17) is 10.5 Å². The lowest BCUT2D eigenvalue weighted by Gasteiger charge is -2.11. The van der Waals surface area contributed by atoms with Crippen LogP contribution in [0, 0.1) is 0 Å². The molecule has 1 aromatic heterocycles. The minimum atomic E-state index is -0.201. The Hall–Kier alpha value is -3.02. The highest BCUT2D eigenvalue weighted by atomic mass is 16.5. The summed E-state index contributed by atoms with van der Waals surface area (Å²) in [4.78, 5) is 19.6. The van der Waals surface area contributed by atoms with Crippen LogP contribution in [0.5, 0.6) is 5.75 Å². The predicted molar refractivity (Wildman–Crippen MR) is 89.3 cm³/mol. The molecule has 0 fully saturated rings. The molecule has 6 nitrogen and oxygen atoms in total. The number of imidazole rings is 1. The molecule has 0 saturated carbocycles. The van der Waals surface area contributed by atoms with Crippen LogP contribution in [-0.4, -0.2) is 22.5 Å². The maximum absolute atomic E-state index is 12.5. The van der Waals surface area contributed by atoms with Gasteiger partial charge in [-0.15, -0.1) is 0 Å². The van der Waals surface area contributed by atoms with Gasteiger partial charge in [0.1, 0.15) is 11.3 Å². The summed E-state index contributed by atoms with van der Waals surface area (Å²) >= 11 is 0. The molecule has 0 bridgehead atoms. The minimum absolute atomic E-state index is 0.201. The molecule has 4 N–H and O–H groups in total. The topological polar surface area (TPSA) is 93.0 Å². The number of hydrogen-bond acceptors (Lipinski definition) is 4. The predicted octanol–water partition coefficient (Wildman–Crippen LogP) is 2.47. The number of carbonyl (C=O) groups excluding carboxylic acids is 1. The summed E-state index contributed by atoms with van der Waals surface area (Å²) in [6, 6.07) is 13.0. The smallest absolute Gasteiger partial charge is 0.253 e. The number of ether oxygens (including phenoxy) is 1. The first-order valence-electron chi connectivity index (χ1n) is 7.42. The first-order chi connectivity index (χ1) is 11.2. The van der Waals surface area contributed by atoms with Crippen molar-refractivity contribution < 1.29 is 9.53 Å². The number of aromatic nitrogens is 2. The van der Waals surface area contributed by atoms with Gasteiger partial charge in [0.15, 0.2) is 5.95 Å². The second-order valence-corrected chi connectivity index (χ2v) is 5.05. The van der Waals surface area contributed by atoms with E-state index in [9.17, 15) is 4.79 Å².